The molecule has 326 valence electrons. The normalized spacial score (nSPS) is 29.3. The van der Waals surface area contributed by atoms with Crippen molar-refractivity contribution in [2.24, 2.45) is 35.5 Å². The van der Waals surface area contributed by atoms with Crippen molar-refractivity contribution < 1.29 is 19.1 Å². The molecule has 4 fully saturated rings. The molecule has 0 saturated heterocycles. The Hall–Kier alpha value is -2.54. The van der Waals surface area contributed by atoms with E-state index in [-0.39, 0.29) is 11.9 Å². The maximum absolute atomic E-state index is 13.4. The van der Waals surface area contributed by atoms with Crippen LogP contribution in [-0.4, -0.2) is 23.1 Å². The van der Waals surface area contributed by atoms with E-state index in [4.69, 9.17) is 9.47 Å². The Morgan fingerprint density at radius 2 is 0.850 bits per heavy atom. The summed E-state index contributed by atoms with van der Waals surface area (Å²) in [4.78, 5) is 26.8. The van der Waals surface area contributed by atoms with E-state index >= 15 is 0 Å². The quantitative estimate of drug-likeness (QED) is 0.101. The van der Waals surface area contributed by atoms with Crippen LogP contribution in [0.1, 0.15) is 192 Å². The molecule has 0 aliphatic heterocycles. The van der Waals surface area contributed by atoms with Crippen LogP contribution in [0.15, 0.2) is 57.5 Å². The fourth-order valence-electron chi connectivity index (χ4n) is 11.2. The predicted octanol–water partition coefficient (Wildman–Crippen LogP) is 15.1. The van der Waals surface area contributed by atoms with Crippen LogP contribution in [0.5, 0.6) is 0 Å². The molecule has 2 aromatic carbocycles. The fourth-order valence-corrected chi connectivity index (χ4v) is 11.8. The average Bonchev–Trinajstić information content (AvgIpc) is 3.26. The standard InChI is InChI=1S/C54H72Br2O4/c1-3-9-41-13-21-45(22-14-41)47-31-37-53(38-32-47,35-29-43-17-25-49(55)26-18-43)59-51(57)11-7-5-6-8-12-52(58)60-54(36-30-44-19-27-50(56)28-20-44)39-33-48(34-40-54)46-23-15-42(10-4-2)16-24-46/h17-20,25-28,41-42,45-48H,3-16,21-24,31-34,37-40H2,1-2H3. The SMILES string of the molecule is CCCC1CCC(C2CCC(C#Cc3ccc(Br)cc3)(OC(=O)CCCCCCC(=O)OC3(C#Cc4ccc(Br)cc4)CCC(C4CCC(CCC)CC4)CC3)CC2)CC1. The number of hydrogen-bond donors (Lipinski definition) is 0. The van der Waals surface area contributed by atoms with E-state index in [9.17, 15) is 9.59 Å². The molecule has 0 N–H and O–H groups in total. The zero-order valence-electron chi connectivity index (χ0n) is 36.9. The number of carbonyl (C=O) groups is 2. The molecule has 6 heteroatoms. The Kier molecular flexibility index (Phi) is 18.6. The van der Waals surface area contributed by atoms with Crippen LogP contribution >= 0.6 is 31.9 Å². The third kappa shape index (κ3) is 14.5. The van der Waals surface area contributed by atoms with E-state index in [1.54, 1.807) is 0 Å². The van der Waals surface area contributed by atoms with Crippen LogP contribution in [0.4, 0.5) is 0 Å². The molecule has 0 unspecified atom stereocenters. The minimum Gasteiger partial charge on any atom is -0.446 e. The highest BCUT2D eigenvalue weighted by Gasteiger charge is 2.42. The van der Waals surface area contributed by atoms with E-state index in [1.165, 1.54) is 77.0 Å². The summed E-state index contributed by atoms with van der Waals surface area (Å²) < 4.78 is 14.8. The van der Waals surface area contributed by atoms with Gasteiger partial charge in [-0.25, -0.2) is 0 Å². The van der Waals surface area contributed by atoms with Crippen LogP contribution < -0.4 is 0 Å². The highest BCUT2D eigenvalue weighted by molar-refractivity contribution is 9.10. The lowest BCUT2D eigenvalue weighted by molar-refractivity contribution is -0.159. The second-order valence-electron chi connectivity index (χ2n) is 19.2. The van der Waals surface area contributed by atoms with Crippen molar-refractivity contribution in [3.8, 4) is 23.7 Å². The number of halogens is 2. The fraction of sp³-hybridized carbons (Fsp3) is 0.667. The maximum Gasteiger partial charge on any atom is 0.307 e. The first-order valence-electron chi connectivity index (χ1n) is 24.2. The van der Waals surface area contributed by atoms with Crippen LogP contribution in [0.2, 0.25) is 0 Å². The summed E-state index contributed by atoms with van der Waals surface area (Å²) in [5, 5.41) is 0. The van der Waals surface area contributed by atoms with Gasteiger partial charge in [0.05, 0.1) is 0 Å². The zero-order chi connectivity index (χ0) is 42.2. The second kappa shape index (κ2) is 23.8. The molecular weight excluding hydrogens is 872 g/mol. The van der Waals surface area contributed by atoms with Gasteiger partial charge in [-0.2, -0.15) is 0 Å². The number of unbranched alkanes of at least 4 members (excludes halogenated alkanes) is 3. The number of esters is 2. The van der Waals surface area contributed by atoms with Gasteiger partial charge in [-0.3, -0.25) is 9.59 Å². The van der Waals surface area contributed by atoms with Crippen LogP contribution in [0.25, 0.3) is 0 Å². The van der Waals surface area contributed by atoms with Crippen LogP contribution in [0, 0.1) is 59.2 Å². The smallest absolute Gasteiger partial charge is 0.307 e. The van der Waals surface area contributed by atoms with Gasteiger partial charge < -0.3 is 9.47 Å². The molecule has 4 aliphatic carbocycles. The van der Waals surface area contributed by atoms with Gasteiger partial charge in [-0.1, -0.05) is 122 Å². The number of carbonyl (C=O) groups excluding carboxylic acids is 2. The summed E-state index contributed by atoms with van der Waals surface area (Å²) in [6.45, 7) is 4.62. The van der Waals surface area contributed by atoms with Crippen LogP contribution in [0.3, 0.4) is 0 Å². The zero-order valence-corrected chi connectivity index (χ0v) is 40.0. The molecule has 4 saturated carbocycles. The Balaban J connectivity index is 0.960. The molecule has 0 aromatic heterocycles. The first-order valence-corrected chi connectivity index (χ1v) is 25.7. The Labute approximate surface area is 380 Å². The van der Waals surface area contributed by atoms with Gasteiger partial charge in [0.1, 0.15) is 0 Å². The lowest BCUT2D eigenvalue weighted by Gasteiger charge is -2.41. The minimum atomic E-state index is -0.715. The lowest BCUT2D eigenvalue weighted by Crippen LogP contribution is -2.39. The summed E-state index contributed by atoms with van der Waals surface area (Å²) in [5.41, 5.74) is 0.456. The minimum absolute atomic E-state index is 0.145. The van der Waals surface area contributed by atoms with Gasteiger partial charge in [0.25, 0.3) is 0 Å². The lowest BCUT2D eigenvalue weighted by atomic mass is 9.67. The molecule has 0 bridgehead atoms. The molecule has 0 radical (unpaired) electrons. The van der Waals surface area contributed by atoms with Gasteiger partial charge in [0, 0.05) is 32.9 Å². The third-order valence-electron chi connectivity index (χ3n) is 14.9. The molecule has 4 nitrogen and oxygen atoms in total. The molecule has 0 atom stereocenters. The molecule has 0 spiro atoms. The van der Waals surface area contributed by atoms with Crippen molar-refractivity contribution in [3.05, 3.63) is 68.6 Å². The molecule has 4 aliphatic rings. The summed E-state index contributed by atoms with van der Waals surface area (Å²) in [6, 6.07) is 16.1. The Bertz CT molecular complexity index is 1610. The van der Waals surface area contributed by atoms with E-state index in [2.05, 4.69) is 69.4 Å². The second-order valence-corrected chi connectivity index (χ2v) is 21.0. The van der Waals surface area contributed by atoms with Crippen molar-refractivity contribution >= 4 is 43.8 Å². The van der Waals surface area contributed by atoms with Gasteiger partial charge in [0.2, 0.25) is 0 Å². The average molecular weight is 945 g/mol. The maximum atomic E-state index is 13.4. The predicted molar refractivity (Wildman–Crippen MR) is 252 cm³/mol. The molecule has 2 aromatic rings. The molecule has 6 rings (SSSR count). The molecular formula is C54H72Br2O4. The van der Waals surface area contributed by atoms with Crippen molar-refractivity contribution in [2.45, 2.75) is 192 Å². The van der Waals surface area contributed by atoms with Gasteiger partial charge in [0.15, 0.2) is 11.2 Å². The Morgan fingerprint density at radius 1 is 0.517 bits per heavy atom. The molecule has 0 heterocycles. The van der Waals surface area contributed by atoms with Crippen molar-refractivity contribution in [1.29, 1.82) is 0 Å². The van der Waals surface area contributed by atoms with Gasteiger partial charge in [-0.15, -0.1) is 0 Å². The molecule has 60 heavy (non-hydrogen) atoms. The number of rotatable bonds is 15. The van der Waals surface area contributed by atoms with Gasteiger partial charge in [-0.05, 0) is 186 Å². The number of hydrogen-bond acceptors (Lipinski definition) is 4. The highest BCUT2D eigenvalue weighted by Crippen LogP contribution is 2.46. The first-order chi connectivity index (χ1) is 29.1. The van der Waals surface area contributed by atoms with E-state index in [1.807, 2.05) is 48.5 Å². The molecule has 0 amide bonds. The Morgan fingerprint density at radius 3 is 1.18 bits per heavy atom. The summed E-state index contributed by atoms with van der Waals surface area (Å²) in [7, 11) is 0. The van der Waals surface area contributed by atoms with Crippen LogP contribution in [-0.2, 0) is 19.1 Å². The topological polar surface area (TPSA) is 52.6 Å². The first kappa shape index (κ1) is 47.0. The van der Waals surface area contributed by atoms with Crippen molar-refractivity contribution in [2.75, 3.05) is 0 Å². The largest absolute Gasteiger partial charge is 0.446 e. The van der Waals surface area contributed by atoms with E-state index < -0.39 is 11.2 Å². The number of ether oxygens (including phenoxy) is 2. The van der Waals surface area contributed by atoms with Crippen molar-refractivity contribution in [1.82, 2.24) is 0 Å². The van der Waals surface area contributed by atoms with E-state index in [0.29, 0.717) is 24.7 Å². The number of benzene rings is 2. The summed E-state index contributed by atoms with van der Waals surface area (Å²) >= 11 is 7.06. The van der Waals surface area contributed by atoms with Gasteiger partial charge >= 0.3 is 11.9 Å². The third-order valence-corrected chi connectivity index (χ3v) is 15.9. The van der Waals surface area contributed by atoms with E-state index in [0.717, 1.165) is 121 Å². The summed E-state index contributed by atoms with van der Waals surface area (Å²) in [5.74, 6) is 18.3. The monoisotopic (exact) mass is 942 g/mol. The highest BCUT2D eigenvalue weighted by atomic mass is 79.9. The van der Waals surface area contributed by atoms with Crippen molar-refractivity contribution in [3.63, 3.8) is 0 Å². The summed E-state index contributed by atoms with van der Waals surface area (Å²) in [6.07, 6.45) is 27.9.